The number of hydrogen-bond acceptors (Lipinski definition) is 6. The summed E-state index contributed by atoms with van der Waals surface area (Å²) in [4.78, 5) is 29.4. The quantitative estimate of drug-likeness (QED) is 0.110. The van der Waals surface area contributed by atoms with Gasteiger partial charge in [0.2, 0.25) is 5.91 Å². The van der Waals surface area contributed by atoms with E-state index in [0.29, 0.717) is 52.1 Å². The second-order valence-corrected chi connectivity index (χ2v) is 15.2. The molecule has 4 aromatic rings. The van der Waals surface area contributed by atoms with Crippen LogP contribution in [-0.4, -0.2) is 51.3 Å². The molecule has 1 heterocycles. The third-order valence-electron chi connectivity index (χ3n) is 8.80. The van der Waals surface area contributed by atoms with Crippen molar-refractivity contribution >= 4 is 53.1 Å². The van der Waals surface area contributed by atoms with E-state index in [1.807, 2.05) is 63.2 Å². The van der Waals surface area contributed by atoms with Gasteiger partial charge in [-0.05, 0) is 85.8 Å². The van der Waals surface area contributed by atoms with Crippen molar-refractivity contribution in [2.45, 2.75) is 65.2 Å². The van der Waals surface area contributed by atoms with E-state index in [1.54, 1.807) is 42.3 Å². The van der Waals surface area contributed by atoms with Gasteiger partial charge in [-0.25, -0.2) is 4.39 Å². The molecule has 1 aliphatic rings. The molecule has 0 aliphatic carbocycles. The number of para-hydroxylation sites is 1. The van der Waals surface area contributed by atoms with Crippen molar-refractivity contribution in [3.05, 3.63) is 123 Å². The summed E-state index contributed by atoms with van der Waals surface area (Å²) in [5.41, 5.74) is 3.17. The average molecular weight is 801 g/mol. The number of halogens is 4. The highest BCUT2D eigenvalue weighted by molar-refractivity contribution is 6.31. The molecule has 290 valence electrons. The Morgan fingerprint density at radius 2 is 1.67 bits per heavy atom. The van der Waals surface area contributed by atoms with E-state index in [2.05, 4.69) is 16.7 Å². The minimum absolute atomic E-state index is 0. The number of benzene rings is 4. The Balaban J connectivity index is 0.00000650. The van der Waals surface area contributed by atoms with Crippen LogP contribution in [0, 0.1) is 11.2 Å². The van der Waals surface area contributed by atoms with Crippen LogP contribution in [0.1, 0.15) is 68.4 Å². The summed E-state index contributed by atoms with van der Waals surface area (Å²) in [6.45, 7) is 8.54. The zero-order valence-corrected chi connectivity index (χ0v) is 33.5. The van der Waals surface area contributed by atoms with Gasteiger partial charge in [0.25, 0.3) is 5.91 Å². The van der Waals surface area contributed by atoms with Gasteiger partial charge < -0.3 is 29.7 Å². The van der Waals surface area contributed by atoms with Gasteiger partial charge in [-0.2, -0.15) is 0 Å². The zero-order chi connectivity index (χ0) is 38.0. The van der Waals surface area contributed by atoms with Crippen molar-refractivity contribution in [2.24, 2.45) is 5.41 Å². The van der Waals surface area contributed by atoms with Gasteiger partial charge in [0, 0.05) is 45.5 Å². The predicted octanol–water partition coefficient (Wildman–Crippen LogP) is 9.13. The summed E-state index contributed by atoms with van der Waals surface area (Å²) in [5, 5.41) is 7.45. The Bertz CT molecular complexity index is 1870. The molecule has 0 saturated carbocycles. The van der Waals surface area contributed by atoms with Gasteiger partial charge in [-0.3, -0.25) is 9.59 Å². The number of carbonyl (C=O) groups is 2. The fraction of sp³-hybridized carbons (Fsp3) is 0.381. The Labute approximate surface area is 334 Å². The van der Waals surface area contributed by atoms with Crippen molar-refractivity contribution in [3.8, 4) is 11.5 Å². The highest BCUT2D eigenvalue weighted by Crippen LogP contribution is 2.45. The Hall–Kier alpha value is -3.86. The van der Waals surface area contributed by atoms with Crippen LogP contribution in [-0.2, 0) is 27.3 Å². The molecule has 2 amide bonds. The summed E-state index contributed by atoms with van der Waals surface area (Å²) in [6, 6.07) is 25.1. The largest absolute Gasteiger partial charge is 0.492 e. The standard InChI is InChI=1S/C42H48Cl2FN3O5.ClH/c1-42(2,3)27-48-35-19-18-31(44)24-33(35)39(53-37(41(48)50)25-38(49)47-26-29-13-5-6-16-34(29)45)32-15-8-17-36(40(32)51-4)52-22-10-21-46-20-9-12-28-11-7-14-30(43)23-28;/h5-8,11,13-19,23-24,37,39,46H,9-10,12,20-22,25-27H2,1-4H3,(H,47,49);1H/t37-,39-;/m1./s1. The van der Waals surface area contributed by atoms with E-state index in [0.717, 1.165) is 37.4 Å². The van der Waals surface area contributed by atoms with E-state index in [1.165, 1.54) is 11.6 Å². The molecule has 8 nitrogen and oxygen atoms in total. The van der Waals surface area contributed by atoms with Crippen LogP contribution in [0.15, 0.2) is 84.9 Å². The van der Waals surface area contributed by atoms with Gasteiger partial charge in [-0.15, -0.1) is 12.4 Å². The Morgan fingerprint density at radius 3 is 2.41 bits per heavy atom. The SMILES string of the molecule is COc1c(OCCCNCCCc2cccc(Cl)c2)cccc1[C@H]1O[C@H](CC(=O)NCc2ccccc2F)C(=O)N(CC(C)(C)C)c2ccc(Cl)cc21.Cl. The number of fused-ring (bicyclic) bond motifs is 1. The molecule has 0 radical (unpaired) electrons. The lowest BCUT2D eigenvalue weighted by molar-refractivity contribution is -0.138. The first kappa shape index (κ1) is 42.9. The van der Waals surface area contributed by atoms with Gasteiger partial charge in [0.15, 0.2) is 11.5 Å². The number of anilines is 1. The number of methoxy groups -OCH3 is 1. The number of carbonyl (C=O) groups excluding carboxylic acids is 2. The first-order valence-corrected chi connectivity index (χ1v) is 18.7. The maximum absolute atomic E-state index is 14.3. The summed E-state index contributed by atoms with van der Waals surface area (Å²) in [6.07, 6.45) is 0.410. The van der Waals surface area contributed by atoms with Gasteiger partial charge in [-0.1, -0.05) is 86.4 Å². The molecule has 0 bridgehead atoms. The molecule has 1 aliphatic heterocycles. The lowest BCUT2D eigenvalue weighted by atomic mass is 9.94. The van der Waals surface area contributed by atoms with E-state index in [4.69, 9.17) is 37.4 Å². The van der Waals surface area contributed by atoms with Crippen LogP contribution in [0.4, 0.5) is 10.1 Å². The van der Waals surface area contributed by atoms with E-state index >= 15 is 0 Å². The zero-order valence-electron chi connectivity index (χ0n) is 31.1. The Morgan fingerprint density at radius 1 is 0.926 bits per heavy atom. The lowest BCUT2D eigenvalue weighted by Gasteiger charge is -2.31. The smallest absolute Gasteiger partial charge is 0.256 e. The number of hydrogen-bond donors (Lipinski definition) is 2. The van der Waals surface area contributed by atoms with Crippen LogP contribution in [0.25, 0.3) is 0 Å². The van der Waals surface area contributed by atoms with Crippen molar-refractivity contribution in [1.82, 2.24) is 10.6 Å². The van der Waals surface area contributed by atoms with Gasteiger partial charge in [0.05, 0.1) is 20.1 Å². The number of amides is 2. The van der Waals surface area contributed by atoms with Crippen LogP contribution in [0.2, 0.25) is 10.0 Å². The molecular weight excluding hydrogens is 752 g/mol. The summed E-state index contributed by atoms with van der Waals surface area (Å²) < 4.78 is 33.2. The molecule has 5 rings (SSSR count). The lowest BCUT2D eigenvalue weighted by Crippen LogP contribution is -2.45. The molecule has 0 unspecified atom stereocenters. The fourth-order valence-corrected chi connectivity index (χ4v) is 6.74. The second-order valence-electron chi connectivity index (χ2n) is 14.3. The molecule has 2 N–H and O–H groups in total. The predicted molar refractivity (Wildman–Crippen MR) is 216 cm³/mol. The summed E-state index contributed by atoms with van der Waals surface area (Å²) in [7, 11) is 1.56. The first-order valence-electron chi connectivity index (χ1n) is 17.9. The molecule has 54 heavy (non-hydrogen) atoms. The maximum atomic E-state index is 14.3. The third-order valence-corrected chi connectivity index (χ3v) is 9.27. The number of ether oxygens (including phenoxy) is 3. The normalized spacial score (nSPS) is 15.5. The topological polar surface area (TPSA) is 89.1 Å². The van der Waals surface area contributed by atoms with Crippen molar-refractivity contribution in [2.75, 3.05) is 38.3 Å². The van der Waals surface area contributed by atoms with Gasteiger partial charge in [0.1, 0.15) is 18.0 Å². The monoisotopic (exact) mass is 799 g/mol. The highest BCUT2D eigenvalue weighted by atomic mass is 35.5. The fourth-order valence-electron chi connectivity index (χ4n) is 6.34. The molecule has 0 aromatic heterocycles. The molecule has 4 aromatic carbocycles. The van der Waals surface area contributed by atoms with E-state index in [-0.39, 0.29) is 36.7 Å². The number of aryl methyl sites for hydroxylation is 1. The van der Waals surface area contributed by atoms with E-state index in [9.17, 15) is 14.0 Å². The molecule has 0 spiro atoms. The maximum Gasteiger partial charge on any atom is 0.256 e. The first-order chi connectivity index (χ1) is 25.4. The van der Waals surface area contributed by atoms with Crippen LogP contribution in [0.5, 0.6) is 11.5 Å². The van der Waals surface area contributed by atoms with Crippen LogP contribution < -0.4 is 25.0 Å². The number of nitrogens with zero attached hydrogens (tertiary/aromatic N) is 1. The Kier molecular flexibility index (Phi) is 16.0. The average Bonchev–Trinajstić information content (AvgIpc) is 3.22. The van der Waals surface area contributed by atoms with Crippen LogP contribution in [0.3, 0.4) is 0 Å². The van der Waals surface area contributed by atoms with Crippen molar-refractivity contribution in [3.63, 3.8) is 0 Å². The molecule has 0 saturated heterocycles. The van der Waals surface area contributed by atoms with E-state index < -0.39 is 23.9 Å². The summed E-state index contributed by atoms with van der Waals surface area (Å²) in [5.74, 6) is -0.254. The molecule has 0 fully saturated rings. The third kappa shape index (κ3) is 11.8. The molecule has 12 heteroatoms. The minimum atomic E-state index is -1.17. The molecular formula is C42H49Cl3FN3O5. The highest BCUT2D eigenvalue weighted by Gasteiger charge is 2.40. The van der Waals surface area contributed by atoms with Crippen molar-refractivity contribution < 1.29 is 28.2 Å². The van der Waals surface area contributed by atoms with Gasteiger partial charge >= 0.3 is 0 Å². The minimum Gasteiger partial charge on any atom is -0.492 e. The number of nitrogens with one attached hydrogen (secondary N) is 2. The number of rotatable bonds is 16. The molecule has 2 atom stereocenters. The van der Waals surface area contributed by atoms with Crippen molar-refractivity contribution in [1.29, 1.82) is 0 Å². The summed E-state index contributed by atoms with van der Waals surface area (Å²) >= 11 is 12.7. The second kappa shape index (κ2) is 20.2. The van der Waals surface area contributed by atoms with Crippen LogP contribution >= 0.6 is 35.6 Å².